The average Bonchev–Trinajstić information content (AvgIpc) is 2.54. The topological polar surface area (TPSA) is 116 Å². The number of nitrogens with one attached hydrogen (secondary N) is 1. The van der Waals surface area contributed by atoms with Crippen LogP contribution in [0, 0.1) is 11.7 Å². The predicted octanol–water partition coefficient (Wildman–Crippen LogP) is 1.32. The molecule has 0 bridgehead atoms. The number of primary sulfonamides is 1. The summed E-state index contributed by atoms with van der Waals surface area (Å²) in [6.07, 6.45) is 3.78. The lowest BCUT2D eigenvalue weighted by Crippen LogP contribution is -2.39. The Morgan fingerprint density at radius 2 is 1.92 bits per heavy atom. The van der Waals surface area contributed by atoms with Gasteiger partial charge < -0.3 is 10.1 Å². The van der Waals surface area contributed by atoms with Crippen molar-refractivity contribution >= 4 is 21.9 Å². The van der Waals surface area contributed by atoms with Gasteiger partial charge in [0.25, 0.3) is 5.91 Å². The number of hydrogen-bond donors (Lipinski definition) is 2. The molecule has 0 saturated heterocycles. The first-order chi connectivity index (χ1) is 11.7. The van der Waals surface area contributed by atoms with Crippen LogP contribution in [0.4, 0.5) is 4.39 Å². The molecule has 1 fully saturated rings. The van der Waals surface area contributed by atoms with Gasteiger partial charge >= 0.3 is 5.97 Å². The minimum absolute atomic E-state index is 0.0462. The molecule has 1 saturated carbocycles. The maximum atomic E-state index is 13.7. The first-order valence-electron chi connectivity index (χ1n) is 7.95. The number of amides is 1. The molecule has 1 aromatic carbocycles. The lowest BCUT2D eigenvalue weighted by molar-refractivity contribution is -0.125. The molecule has 0 atom stereocenters. The van der Waals surface area contributed by atoms with Crippen LogP contribution in [0.5, 0.6) is 0 Å². The van der Waals surface area contributed by atoms with Gasteiger partial charge in [-0.25, -0.2) is 22.7 Å². The van der Waals surface area contributed by atoms with Crippen molar-refractivity contribution in [3.05, 3.63) is 29.6 Å². The summed E-state index contributed by atoms with van der Waals surface area (Å²) in [5, 5.41) is 7.72. The molecular weight excluding hydrogens is 351 g/mol. The average molecular weight is 372 g/mol. The zero-order valence-corrected chi connectivity index (χ0v) is 14.6. The monoisotopic (exact) mass is 372 g/mol. The second-order valence-electron chi connectivity index (χ2n) is 6.29. The molecule has 138 valence electrons. The van der Waals surface area contributed by atoms with E-state index in [0.717, 1.165) is 43.9 Å². The standard InChI is InChI=1S/C16H21FN2O5S/c1-10-2-4-11(5-3-10)19-15(20)9-24-16(21)13-8-12(25(18,22)23)6-7-14(13)17/h6-8,10-11H,2-5,9H2,1H3,(H,19,20)(H2,18,22,23). The van der Waals surface area contributed by atoms with Crippen LogP contribution >= 0.6 is 0 Å². The first kappa shape index (κ1) is 19.3. The number of benzene rings is 1. The predicted molar refractivity (Wildman–Crippen MR) is 87.6 cm³/mol. The van der Waals surface area contributed by atoms with Crippen LogP contribution < -0.4 is 10.5 Å². The summed E-state index contributed by atoms with van der Waals surface area (Å²) in [5.74, 6) is -1.93. The SMILES string of the molecule is CC1CCC(NC(=O)COC(=O)c2cc(S(N)(=O)=O)ccc2F)CC1. The second-order valence-corrected chi connectivity index (χ2v) is 7.85. The normalized spacial score (nSPS) is 20.8. The van der Waals surface area contributed by atoms with E-state index in [0.29, 0.717) is 5.92 Å². The van der Waals surface area contributed by atoms with E-state index < -0.39 is 44.8 Å². The molecular formula is C16H21FN2O5S. The lowest BCUT2D eigenvalue weighted by atomic mass is 9.87. The van der Waals surface area contributed by atoms with Crippen molar-refractivity contribution in [3.8, 4) is 0 Å². The summed E-state index contributed by atoms with van der Waals surface area (Å²) in [5.41, 5.74) is -0.592. The van der Waals surface area contributed by atoms with Crippen molar-refractivity contribution in [2.24, 2.45) is 11.1 Å². The third kappa shape index (κ3) is 5.50. The van der Waals surface area contributed by atoms with Gasteiger partial charge in [0.2, 0.25) is 10.0 Å². The van der Waals surface area contributed by atoms with Gasteiger partial charge in [-0.1, -0.05) is 6.92 Å². The van der Waals surface area contributed by atoms with E-state index in [2.05, 4.69) is 12.2 Å². The number of halogens is 1. The number of rotatable bonds is 5. The zero-order valence-electron chi connectivity index (χ0n) is 13.8. The number of ether oxygens (including phenoxy) is 1. The Bertz CT molecular complexity index is 758. The third-order valence-electron chi connectivity index (χ3n) is 4.20. The molecule has 0 aromatic heterocycles. The minimum Gasteiger partial charge on any atom is -0.452 e. The third-order valence-corrected chi connectivity index (χ3v) is 5.11. The van der Waals surface area contributed by atoms with Gasteiger partial charge in [0.05, 0.1) is 10.5 Å². The van der Waals surface area contributed by atoms with E-state index in [4.69, 9.17) is 9.88 Å². The Hall–Kier alpha value is -2.00. The highest BCUT2D eigenvalue weighted by Gasteiger charge is 2.22. The first-order valence-corrected chi connectivity index (χ1v) is 9.50. The van der Waals surface area contributed by atoms with Crippen LogP contribution in [-0.2, 0) is 19.6 Å². The fraction of sp³-hybridized carbons (Fsp3) is 0.500. The molecule has 0 aliphatic heterocycles. The van der Waals surface area contributed by atoms with Crippen LogP contribution in [-0.4, -0.2) is 32.9 Å². The lowest BCUT2D eigenvalue weighted by Gasteiger charge is -2.26. The van der Waals surface area contributed by atoms with Gasteiger partial charge in [0.15, 0.2) is 6.61 Å². The van der Waals surface area contributed by atoms with Crippen LogP contribution in [0.3, 0.4) is 0 Å². The van der Waals surface area contributed by atoms with E-state index in [1.165, 1.54) is 0 Å². The fourth-order valence-corrected chi connectivity index (χ4v) is 3.26. The molecule has 1 aliphatic carbocycles. The summed E-state index contributed by atoms with van der Waals surface area (Å²) < 4.78 is 41.0. The molecule has 7 nitrogen and oxygen atoms in total. The molecule has 3 N–H and O–H groups in total. The highest BCUT2D eigenvalue weighted by atomic mass is 32.2. The van der Waals surface area contributed by atoms with Gasteiger partial charge in [0.1, 0.15) is 5.82 Å². The van der Waals surface area contributed by atoms with E-state index in [1.54, 1.807) is 0 Å². The molecule has 0 heterocycles. The summed E-state index contributed by atoms with van der Waals surface area (Å²) in [4.78, 5) is 23.3. The van der Waals surface area contributed by atoms with Gasteiger partial charge in [-0.2, -0.15) is 0 Å². The zero-order chi connectivity index (χ0) is 18.6. The molecule has 1 aromatic rings. The van der Waals surface area contributed by atoms with Crippen LogP contribution in [0.15, 0.2) is 23.1 Å². The minimum atomic E-state index is -4.08. The highest BCUT2D eigenvalue weighted by molar-refractivity contribution is 7.89. The second kappa shape index (κ2) is 7.92. The van der Waals surface area contributed by atoms with Gasteiger partial charge in [-0.3, -0.25) is 4.79 Å². The number of hydrogen-bond acceptors (Lipinski definition) is 5. The van der Waals surface area contributed by atoms with Gasteiger partial charge in [-0.05, 0) is 49.8 Å². The Morgan fingerprint density at radius 3 is 2.52 bits per heavy atom. The summed E-state index contributed by atoms with van der Waals surface area (Å²) in [6.45, 7) is 1.59. The molecule has 25 heavy (non-hydrogen) atoms. The van der Waals surface area contributed by atoms with E-state index in [-0.39, 0.29) is 6.04 Å². The van der Waals surface area contributed by atoms with Crippen molar-refractivity contribution in [3.63, 3.8) is 0 Å². The highest BCUT2D eigenvalue weighted by Crippen LogP contribution is 2.23. The Morgan fingerprint density at radius 1 is 1.28 bits per heavy atom. The summed E-state index contributed by atoms with van der Waals surface area (Å²) >= 11 is 0. The molecule has 1 amide bonds. The quantitative estimate of drug-likeness (QED) is 0.757. The maximum absolute atomic E-state index is 13.7. The van der Waals surface area contributed by atoms with Crippen molar-refractivity contribution in [1.29, 1.82) is 0 Å². The molecule has 0 unspecified atom stereocenters. The largest absolute Gasteiger partial charge is 0.452 e. The maximum Gasteiger partial charge on any atom is 0.341 e. The number of sulfonamides is 1. The molecule has 0 radical (unpaired) electrons. The Labute approximate surface area is 145 Å². The molecule has 0 spiro atoms. The molecule has 1 aliphatic rings. The van der Waals surface area contributed by atoms with Gasteiger partial charge in [-0.15, -0.1) is 0 Å². The van der Waals surface area contributed by atoms with E-state index >= 15 is 0 Å². The van der Waals surface area contributed by atoms with Crippen molar-refractivity contribution in [2.45, 2.75) is 43.5 Å². The van der Waals surface area contributed by atoms with Crippen LogP contribution in [0.1, 0.15) is 43.0 Å². The number of esters is 1. The van der Waals surface area contributed by atoms with E-state index in [9.17, 15) is 22.4 Å². The number of carbonyl (C=O) groups is 2. The number of carbonyl (C=O) groups excluding carboxylic acids is 2. The fourth-order valence-electron chi connectivity index (χ4n) is 2.72. The van der Waals surface area contributed by atoms with Crippen molar-refractivity contribution in [2.75, 3.05) is 6.61 Å². The smallest absolute Gasteiger partial charge is 0.341 e. The van der Waals surface area contributed by atoms with E-state index in [1.807, 2.05) is 0 Å². The van der Waals surface area contributed by atoms with Crippen molar-refractivity contribution in [1.82, 2.24) is 5.32 Å². The van der Waals surface area contributed by atoms with Crippen LogP contribution in [0.2, 0.25) is 0 Å². The van der Waals surface area contributed by atoms with Gasteiger partial charge in [0, 0.05) is 6.04 Å². The van der Waals surface area contributed by atoms with Crippen LogP contribution in [0.25, 0.3) is 0 Å². The molecule has 2 rings (SSSR count). The molecule has 9 heteroatoms. The summed E-state index contributed by atoms with van der Waals surface area (Å²) in [7, 11) is -4.08. The van der Waals surface area contributed by atoms with Crippen molar-refractivity contribution < 1.29 is 27.1 Å². The Balaban J connectivity index is 1.93. The number of nitrogens with two attached hydrogens (primary N) is 1. The Kier molecular flexibility index (Phi) is 6.12. The summed E-state index contributed by atoms with van der Waals surface area (Å²) in [6, 6.07) is 2.58.